The molecule has 16 heavy (non-hydrogen) atoms. The first kappa shape index (κ1) is 11.0. The second-order valence-electron chi connectivity index (χ2n) is 4.68. The number of aromatic nitrogens is 1. The van der Waals surface area contributed by atoms with Crippen LogP contribution in [-0.4, -0.2) is 38.1 Å². The van der Waals surface area contributed by atoms with Crippen LogP contribution in [0, 0.1) is 0 Å². The van der Waals surface area contributed by atoms with Crippen molar-refractivity contribution in [2.75, 3.05) is 33.1 Å². The first-order chi connectivity index (χ1) is 7.58. The molecule has 0 aliphatic rings. The average Bonchev–Trinajstić information content (AvgIpc) is 2.60. The van der Waals surface area contributed by atoms with Crippen molar-refractivity contribution >= 4 is 16.6 Å². The zero-order chi connectivity index (χ0) is 11.7. The van der Waals surface area contributed by atoms with Gasteiger partial charge in [-0.25, -0.2) is 0 Å². The van der Waals surface area contributed by atoms with E-state index in [1.165, 1.54) is 22.2 Å². The van der Waals surface area contributed by atoms with E-state index >= 15 is 0 Å². The van der Waals surface area contributed by atoms with Crippen LogP contribution in [0.25, 0.3) is 10.9 Å². The molecule has 0 radical (unpaired) electrons. The molecule has 86 valence electrons. The fraction of sp³-hybridized carbons (Fsp3) is 0.385. The Labute approximate surface area is 96.7 Å². The lowest BCUT2D eigenvalue weighted by Gasteiger charge is -2.13. The summed E-state index contributed by atoms with van der Waals surface area (Å²) in [5.74, 6) is 0. The standard InChI is InChI=1S/C13H19N3/c1-15(2)9-10-8-14-13-6-5-11(16(3)4)7-12(10)13/h5-8,14H,9H2,1-4H3. The normalized spacial score (nSPS) is 11.3. The predicted molar refractivity (Wildman–Crippen MR) is 70.0 cm³/mol. The third-order valence-corrected chi connectivity index (χ3v) is 2.75. The van der Waals surface area contributed by atoms with Crippen molar-refractivity contribution in [2.24, 2.45) is 0 Å². The molecule has 2 rings (SSSR count). The van der Waals surface area contributed by atoms with Gasteiger partial charge in [0.2, 0.25) is 0 Å². The minimum atomic E-state index is 0.969. The van der Waals surface area contributed by atoms with Crippen LogP contribution in [-0.2, 0) is 6.54 Å². The number of H-pyrrole nitrogens is 1. The van der Waals surface area contributed by atoms with Crippen molar-refractivity contribution in [3.05, 3.63) is 30.0 Å². The van der Waals surface area contributed by atoms with E-state index in [4.69, 9.17) is 0 Å². The molecule has 0 bridgehead atoms. The monoisotopic (exact) mass is 217 g/mol. The maximum Gasteiger partial charge on any atom is 0.0458 e. The van der Waals surface area contributed by atoms with Gasteiger partial charge in [-0.1, -0.05) is 0 Å². The summed E-state index contributed by atoms with van der Waals surface area (Å²) in [5, 5.41) is 1.32. The Morgan fingerprint density at radius 2 is 1.88 bits per heavy atom. The highest BCUT2D eigenvalue weighted by molar-refractivity contribution is 5.86. The van der Waals surface area contributed by atoms with Gasteiger partial charge in [-0.15, -0.1) is 0 Å². The summed E-state index contributed by atoms with van der Waals surface area (Å²) in [4.78, 5) is 7.63. The Balaban J connectivity index is 2.47. The molecule has 0 spiro atoms. The SMILES string of the molecule is CN(C)Cc1c[nH]c2ccc(N(C)C)cc12. The third kappa shape index (κ3) is 2.04. The maximum absolute atomic E-state index is 3.31. The molecule has 3 heteroatoms. The van der Waals surface area contributed by atoms with E-state index in [0.717, 1.165) is 6.54 Å². The van der Waals surface area contributed by atoms with Gasteiger partial charge in [-0.2, -0.15) is 0 Å². The molecule has 1 aromatic heterocycles. The van der Waals surface area contributed by atoms with E-state index in [1.54, 1.807) is 0 Å². The van der Waals surface area contributed by atoms with Crippen LogP contribution >= 0.6 is 0 Å². The number of hydrogen-bond acceptors (Lipinski definition) is 2. The fourth-order valence-electron chi connectivity index (χ4n) is 1.92. The molecule has 1 N–H and O–H groups in total. The number of rotatable bonds is 3. The zero-order valence-electron chi connectivity index (χ0n) is 10.4. The Hall–Kier alpha value is -1.48. The van der Waals surface area contributed by atoms with Crippen LogP contribution in [0.3, 0.4) is 0 Å². The highest BCUT2D eigenvalue weighted by Gasteiger charge is 2.06. The first-order valence-electron chi connectivity index (χ1n) is 5.50. The van der Waals surface area contributed by atoms with Crippen LogP contribution < -0.4 is 4.90 Å². The number of fused-ring (bicyclic) bond motifs is 1. The van der Waals surface area contributed by atoms with Crippen molar-refractivity contribution in [1.29, 1.82) is 0 Å². The van der Waals surface area contributed by atoms with Crippen LogP contribution in [0.1, 0.15) is 5.56 Å². The molecule has 0 aliphatic carbocycles. The molecule has 0 saturated heterocycles. The van der Waals surface area contributed by atoms with Gasteiger partial charge >= 0.3 is 0 Å². The summed E-state index contributed by atoms with van der Waals surface area (Å²) in [6, 6.07) is 6.52. The van der Waals surface area contributed by atoms with E-state index in [2.05, 4.69) is 67.4 Å². The van der Waals surface area contributed by atoms with Gasteiger partial charge in [-0.05, 0) is 37.9 Å². The van der Waals surface area contributed by atoms with E-state index < -0.39 is 0 Å². The molecule has 0 amide bonds. The van der Waals surface area contributed by atoms with E-state index in [0.29, 0.717) is 0 Å². The molecule has 0 saturated carbocycles. The largest absolute Gasteiger partial charge is 0.378 e. The average molecular weight is 217 g/mol. The molecule has 0 fully saturated rings. The lowest BCUT2D eigenvalue weighted by atomic mass is 10.1. The quantitative estimate of drug-likeness (QED) is 0.852. The smallest absolute Gasteiger partial charge is 0.0458 e. The minimum Gasteiger partial charge on any atom is -0.378 e. The van der Waals surface area contributed by atoms with Gasteiger partial charge in [0, 0.05) is 43.4 Å². The molecule has 0 atom stereocenters. The summed E-state index contributed by atoms with van der Waals surface area (Å²) in [5.41, 5.74) is 3.80. The number of nitrogens with zero attached hydrogens (tertiary/aromatic N) is 2. The molecule has 2 aromatic rings. The number of hydrogen-bond donors (Lipinski definition) is 1. The lowest BCUT2D eigenvalue weighted by Crippen LogP contribution is -2.10. The molecule has 0 aliphatic heterocycles. The van der Waals surface area contributed by atoms with E-state index in [9.17, 15) is 0 Å². The Kier molecular flexibility index (Phi) is 2.88. The summed E-state index contributed by atoms with van der Waals surface area (Å²) in [6.45, 7) is 0.969. The van der Waals surface area contributed by atoms with E-state index in [-0.39, 0.29) is 0 Å². The summed E-state index contributed by atoms with van der Waals surface area (Å²) >= 11 is 0. The molecular formula is C13H19N3. The van der Waals surface area contributed by atoms with Crippen LogP contribution in [0.2, 0.25) is 0 Å². The van der Waals surface area contributed by atoms with Crippen molar-refractivity contribution in [3.8, 4) is 0 Å². The highest BCUT2D eigenvalue weighted by atomic mass is 15.1. The van der Waals surface area contributed by atoms with Gasteiger partial charge < -0.3 is 14.8 Å². The van der Waals surface area contributed by atoms with Crippen molar-refractivity contribution in [2.45, 2.75) is 6.54 Å². The van der Waals surface area contributed by atoms with Crippen molar-refractivity contribution in [3.63, 3.8) is 0 Å². The molecule has 1 aromatic carbocycles. The lowest BCUT2D eigenvalue weighted by molar-refractivity contribution is 0.404. The molecule has 0 unspecified atom stereocenters. The summed E-state index contributed by atoms with van der Waals surface area (Å²) < 4.78 is 0. The second kappa shape index (κ2) is 4.18. The first-order valence-corrected chi connectivity index (χ1v) is 5.50. The van der Waals surface area contributed by atoms with E-state index in [1.807, 2.05) is 0 Å². The van der Waals surface area contributed by atoms with Crippen LogP contribution in [0.5, 0.6) is 0 Å². The Morgan fingerprint density at radius 3 is 2.50 bits per heavy atom. The Bertz CT molecular complexity index is 483. The molecular weight excluding hydrogens is 198 g/mol. The van der Waals surface area contributed by atoms with Crippen molar-refractivity contribution < 1.29 is 0 Å². The number of nitrogens with one attached hydrogen (secondary N) is 1. The topological polar surface area (TPSA) is 22.3 Å². The van der Waals surface area contributed by atoms with Gasteiger partial charge in [0.05, 0.1) is 0 Å². The number of aromatic amines is 1. The third-order valence-electron chi connectivity index (χ3n) is 2.75. The van der Waals surface area contributed by atoms with Gasteiger partial charge in [-0.3, -0.25) is 0 Å². The maximum atomic E-state index is 3.31. The predicted octanol–water partition coefficient (Wildman–Crippen LogP) is 2.30. The molecule has 3 nitrogen and oxygen atoms in total. The summed E-state index contributed by atoms with van der Waals surface area (Å²) in [6.07, 6.45) is 2.10. The molecule has 1 heterocycles. The zero-order valence-corrected chi connectivity index (χ0v) is 10.4. The van der Waals surface area contributed by atoms with Gasteiger partial charge in [0.25, 0.3) is 0 Å². The highest BCUT2D eigenvalue weighted by Crippen LogP contribution is 2.24. The van der Waals surface area contributed by atoms with Crippen LogP contribution in [0.4, 0.5) is 5.69 Å². The summed E-state index contributed by atoms with van der Waals surface area (Å²) in [7, 11) is 8.32. The second-order valence-corrected chi connectivity index (χ2v) is 4.68. The van der Waals surface area contributed by atoms with Crippen LogP contribution in [0.15, 0.2) is 24.4 Å². The number of anilines is 1. The van der Waals surface area contributed by atoms with Gasteiger partial charge in [0.1, 0.15) is 0 Å². The fourth-order valence-corrected chi connectivity index (χ4v) is 1.92. The minimum absolute atomic E-state index is 0.969. The van der Waals surface area contributed by atoms with Crippen molar-refractivity contribution in [1.82, 2.24) is 9.88 Å². The van der Waals surface area contributed by atoms with Gasteiger partial charge in [0.15, 0.2) is 0 Å². The number of benzene rings is 1. The Morgan fingerprint density at radius 1 is 1.12 bits per heavy atom.